The summed E-state index contributed by atoms with van der Waals surface area (Å²) in [7, 11) is -2.28. The van der Waals surface area contributed by atoms with Crippen molar-refractivity contribution in [2.45, 2.75) is 17.7 Å². The molecule has 0 unspecified atom stereocenters. The van der Waals surface area contributed by atoms with Crippen LogP contribution in [0, 0.1) is 5.92 Å². The summed E-state index contributed by atoms with van der Waals surface area (Å²) in [5, 5.41) is 3.20. The third kappa shape index (κ3) is 4.00. The molecule has 1 N–H and O–H groups in total. The SMILES string of the molecule is COc1ccc(NC(=O)[C@H]2CCCN(S(=O)(=O)c3cccc4nsnc34)C2)cc1Cl. The van der Waals surface area contributed by atoms with Crippen LogP contribution in [-0.4, -0.2) is 47.6 Å². The van der Waals surface area contributed by atoms with Crippen LogP contribution in [0.4, 0.5) is 5.69 Å². The molecular formula is C19H19ClN4O4S2. The Kier molecular flexibility index (Phi) is 5.92. The highest BCUT2D eigenvalue weighted by Gasteiger charge is 2.34. The summed E-state index contributed by atoms with van der Waals surface area (Å²) in [6.07, 6.45) is 1.19. The highest BCUT2D eigenvalue weighted by Crippen LogP contribution is 2.30. The van der Waals surface area contributed by atoms with Crippen molar-refractivity contribution in [3.05, 3.63) is 41.4 Å². The second kappa shape index (κ2) is 8.46. The number of anilines is 1. The molecule has 11 heteroatoms. The first-order valence-electron chi connectivity index (χ1n) is 9.26. The van der Waals surface area contributed by atoms with Gasteiger partial charge in [0.25, 0.3) is 0 Å². The van der Waals surface area contributed by atoms with E-state index < -0.39 is 15.9 Å². The molecule has 1 fully saturated rings. The van der Waals surface area contributed by atoms with Gasteiger partial charge in [-0.25, -0.2) is 8.42 Å². The summed E-state index contributed by atoms with van der Waals surface area (Å²) in [4.78, 5) is 12.9. The lowest BCUT2D eigenvalue weighted by Gasteiger charge is -2.31. The standard InChI is InChI=1S/C19H19ClN4O4S2/c1-28-16-8-7-13(10-14(16)20)21-19(25)12-4-3-9-24(11-12)30(26,27)17-6-2-5-15-18(17)23-29-22-15/h2,5-8,10,12H,3-4,9,11H2,1H3,(H,21,25)/t12-/m0/s1. The molecule has 2 aromatic carbocycles. The van der Waals surface area contributed by atoms with Crippen molar-refractivity contribution in [3.8, 4) is 5.75 Å². The lowest BCUT2D eigenvalue weighted by atomic mass is 9.98. The summed E-state index contributed by atoms with van der Waals surface area (Å²) < 4.78 is 41.2. The Morgan fingerprint density at radius 3 is 2.90 bits per heavy atom. The van der Waals surface area contributed by atoms with Crippen molar-refractivity contribution >= 4 is 56.0 Å². The van der Waals surface area contributed by atoms with Crippen LogP contribution in [0.2, 0.25) is 5.02 Å². The van der Waals surface area contributed by atoms with Crippen LogP contribution in [0.25, 0.3) is 11.0 Å². The van der Waals surface area contributed by atoms with E-state index in [1.54, 1.807) is 30.3 Å². The number of methoxy groups -OCH3 is 1. The quantitative estimate of drug-likeness (QED) is 0.618. The summed E-state index contributed by atoms with van der Waals surface area (Å²) in [5.41, 5.74) is 1.44. The number of hydrogen-bond donors (Lipinski definition) is 1. The molecule has 0 saturated carbocycles. The lowest BCUT2D eigenvalue weighted by Crippen LogP contribution is -2.43. The molecule has 1 aromatic heterocycles. The van der Waals surface area contributed by atoms with Crippen molar-refractivity contribution < 1.29 is 17.9 Å². The van der Waals surface area contributed by atoms with E-state index in [0.29, 0.717) is 46.9 Å². The number of nitrogens with one attached hydrogen (secondary N) is 1. The van der Waals surface area contributed by atoms with Crippen LogP contribution >= 0.6 is 23.3 Å². The van der Waals surface area contributed by atoms with E-state index in [2.05, 4.69) is 14.1 Å². The molecule has 1 saturated heterocycles. The van der Waals surface area contributed by atoms with Crippen molar-refractivity contribution in [2.75, 3.05) is 25.5 Å². The summed E-state index contributed by atoms with van der Waals surface area (Å²) in [6, 6.07) is 9.87. The topological polar surface area (TPSA) is 101 Å². The smallest absolute Gasteiger partial charge is 0.245 e. The fraction of sp³-hybridized carbons (Fsp3) is 0.316. The van der Waals surface area contributed by atoms with Crippen molar-refractivity contribution in [1.82, 2.24) is 13.1 Å². The van der Waals surface area contributed by atoms with Crippen LogP contribution in [0.3, 0.4) is 0 Å². The van der Waals surface area contributed by atoms with Gasteiger partial charge in [-0.1, -0.05) is 17.7 Å². The summed E-state index contributed by atoms with van der Waals surface area (Å²) in [5.74, 6) is -0.206. The maximum Gasteiger partial charge on any atom is 0.245 e. The van der Waals surface area contributed by atoms with E-state index in [-0.39, 0.29) is 17.3 Å². The van der Waals surface area contributed by atoms with E-state index in [0.717, 1.165) is 11.7 Å². The number of rotatable bonds is 5. The fourth-order valence-corrected chi connectivity index (χ4v) is 6.03. The van der Waals surface area contributed by atoms with Gasteiger partial charge in [0, 0.05) is 18.8 Å². The molecule has 1 aliphatic heterocycles. The number of benzene rings is 2. The zero-order chi connectivity index (χ0) is 21.3. The highest BCUT2D eigenvalue weighted by atomic mass is 35.5. The van der Waals surface area contributed by atoms with Gasteiger partial charge < -0.3 is 10.1 Å². The number of hydrogen-bond acceptors (Lipinski definition) is 7. The second-order valence-corrected chi connectivity index (χ2v) is 9.77. The van der Waals surface area contributed by atoms with Crippen LogP contribution in [0.5, 0.6) is 5.75 Å². The predicted octanol–water partition coefficient (Wildman–Crippen LogP) is 3.39. The van der Waals surface area contributed by atoms with Gasteiger partial charge in [-0.05, 0) is 43.2 Å². The minimum Gasteiger partial charge on any atom is -0.495 e. The molecule has 1 amide bonds. The minimum absolute atomic E-state index is 0.103. The first-order valence-corrected chi connectivity index (χ1v) is 11.8. The Bertz CT molecular complexity index is 1200. The molecule has 158 valence electrons. The molecule has 0 bridgehead atoms. The van der Waals surface area contributed by atoms with Crippen molar-refractivity contribution in [1.29, 1.82) is 0 Å². The predicted molar refractivity (Wildman–Crippen MR) is 116 cm³/mol. The molecule has 0 aliphatic carbocycles. The normalized spacial score (nSPS) is 17.7. The van der Waals surface area contributed by atoms with Gasteiger partial charge in [-0.15, -0.1) is 0 Å². The van der Waals surface area contributed by atoms with Gasteiger partial charge in [-0.3, -0.25) is 4.79 Å². The largest absolute Gasteiger partial charge is 0.495 e. The first kappa shape index (κ1) is 21.0. The van der Waals surface area contributed by atoms with Crippen LogP contribution in [0.1, 0.15) is 12.8 Å². The first-order chi connectivity index (χ1) is 14.4. The number of fused-ring (bicyclic) bond motifs is 1. The summed E-state index contributed by atoms with van der Waals surface area (Å²) in [6.45, 7) is 0.459. The molecule has 0 radical (unpaired) electrons. The van der Waals surface area contributed by atoms with Gasteiger partial charge >= 0.3 is 0 Å². The van der Waals surface area contributed by atoms with Gasteiger partial charge in [0.15, 0.2) is 0 Å². The Morgan fingerprint density at radius 2 is 2.13 bits per heavy atom. The maximum absolute atomic E-state index is 13.2. The lowest BCUT2D eigenvalue weighted by molar-refractivity contribution is -0.120. The van der Waals surface area contributed by atoms with Crippen molar-refractivity contribution in [2.24, 2.45) is 5.92 Å². The maximum atomic E-state index is 13.2. The van der Waals surface area contributed by atoms with Crippen LogP contribution in [-0.2, 0) is 14.8 Å². The van der Waals surface area contributed by atoms with Crippen molar-refractivity contribution in [3.63, 3.8) is 0 Å². The molecular weight excluding hydrogens is 448 g/mol. The molecule has 1 aliphatic rings. The average molecular weight is 467 g/mol. The molecule has 8 nitrogen and oxygen atoms in total. The van der Waals surface area contributed by atoms with Gasteiger partial charge in [-0.2, -0.15) is 13.1 Å². The highest BCUT2D eigenvalue weighted by molar-refractivity contribution is 7.89. The van der Waals surface area contributed by atoms with Gasteiger partial charge in [0.2, 0.25) is 15.9 Å². The van der Waals surface area contributed by atoms with E-state index in [4.69, 9.17) is 16.3 Å². The molecule has 4 rings (SSSR count). The number of sulfonamides is 1. The number of carbonyl (C=O) groups excluding carboxylic acids is 1. The zero-order valence-electron chi connectivity index (χ0n) is 16.0. The van der Waals surface area contributed by atoms with Crippen LogP contribution in [0.15, 0.2) is 41.3 Å². The van der Waals surface area contributed by atoms with Gasteiger partial charge in [0.05, 0.1) is 29.8 Å². The molecule has 30 heavy (non-hydrogen) atoms. The van der Waals surface area contributed by atoms with E-state index in [1.165, 1.54) is 17.5 Å². The number of aromatic nitrogens is 2. The molecule has 3 aromatic rings. The number of halogens is 1. The van der Waals surface area contributed by atoms with Gasteiger partial charge in [0.1, 0.15) is 21.7 Å². The second-order valence-electron chi connectivity index (χ2n) is 6.93. The number of ether oxygens (including phenoxy) is 1. The van der Waals surface area contributed by atoms with E-state index in [9.17, 15) is 13.2 Å². The summed E-state index contributed by atoms with van der Waals surface area (Å²) >= 11 is 7.09. The molecule has 0 spiro atoms. The number of carbonyl (C=O) groups is 1. The van der Waals surface area contributed by atoms with E-state index >= 15 is 0 Å². The third-order valence-corrected chi connectivity index (χ3v) is 7.78. The zero-order valence-corrected chi connectivity index (χ0v) is 18.4. The van der Waals surface area contributed by atoms with Crippen LogP contribution < -0.4 is 10.1 Å². The third-order valence-electron chi connectivity index (χ3n) is 5.04. The number of piperidine rings is 1. The Labute approximate surface area is 183 Å². The Balaban J connectivity index is 1.52. The molecule has 2 heterocycles. The van der Waals surface area contributed by atoms with E-state index in [1.807, 2.05) is 0 Å². The monoisotopic (exact) mass is 466 g/mol. The fourth-order valence-electron chi connectivity index (χ4n) is 3.49. The number of nitrogens with zero attached hydrogens (tertiary/aromatic N) is 3. The number of amides is 1. The molecule has 1 atom stereocenters. The Morgan fingerprint density at radius 1 is 1.30 bits per heavy atom. The Hall–Kier alpha value is -2.27. The minimum atomic E-state index is -3.79. The average Bonchev–Trinajstić information content (AvgIpc) is 3.23.